The van der Waals surface area contributed by atoms with Gasteiger partial charge < -0.3 is 9.47 Å². The Morgan fingerprint density at radius 2 is 2.09 bits per heavy atom. The third-order valence-electron chi connectivity index (χ3n) is 3.51. The number of fused-ring (bicyclic) bond motifs is 2. The largest absolute Gasteiger partial charge is 0.489 e. The molecule has 4 rings (SSSR count). The van der Waals surface area contributed by atoms with E-state index >= 15 is 0 Å². The van der Waals surface area contributed by atoms with Crippen LogP contribution < -0.4 is 9.47 Å². The summed E-state index contributed by atoms with van der Waals surface area (Å²) < 4.78 is 13.3. The average Bonchev–Trinajstić information content (AvgIpc) is 2.82. The number of aromatic nitrogens is 3. The highest BCUT2D eigenvalue weighted by Gasteiger charge is 2.16. The molecule has 0 spiro atoms. The van der Waals surface area contributed by atoms with Crippen LogP contribution in [0.15, 0.2) is 41.7 Å². The van der Waals surface area contributed by atoms with Crippen LogP contribution in [0.1, 0.15) is 12.0 Å². The fourth-order valence-corrected chi connectivity index (χ4v) is 3.58. The molecule has 0 amide bonds. The maximum absolute atomic E-state index is 6.33. The van der Waals surface area contributed by atoms with E-state index < -0.39 is 0 Å². The fraction of sp³-hybridized carbons (Fsp3) is 0.250. The molecule has 0 fully saturated rings. The van der Waals surface area contributed by atoms with Crippen molar-refractivity contribution in [2.24, 2.45) is 0 Å². The Hall–Kier alpha value is -1.92. The highest BCUT2D eigenvalue weighted by Crippen LogP contribution is 2.39. The monoisotopic (exact) mass is 347 g/mol. The van der Waals surface area contributed by atoms with Crippen LogP contribution in [-0.2, 0) is 5.75 Å². The maximum Gasteiger partial charge on any atom is 0.195 e. The van der Waals surface area contributed by atoms with Crippen molar-refractivity contribution >= 4 is 29.0 Å². The van der Waals surface area contributed by atoms with Gasteiger partial charge in [-0.1, -0.05) is 29.4 Å². The first-order valence-corrected chi connectivity index (χ1v) is 8.68. The average molecular weight is 348 g/mol. The van der Waals surface area contributed by atoms with Crippen molar-refractivity contribution in [3.63, 3.8) is 0 Å². The highest BCUT2D eigenvalue weighted by atomic mass is 35.5. The van der Waals surface area contributed by atoms with Gasteiger partial charge >= 0.3 is 0 Å². The van der Waals surface area contributed by atoms with E-state index in [0.717, 1.165) is 34.3 Å². The van der Waals surface area contributed by atoms with Crippen molar-refractivity contribution in [1.29, 1.82) is 0 Å². The molecule has 0 saturated carbocycles. The van der Waals surface area contributed by atoms with E-state index in [4.69, 9.17) is 21.1 Å². The summed E-state index contributed by atoms with van der Waals surface area (Å²) >= 11 is 7.94. The number of nitrogens with zero attached hydrogens (tertiary/aromatic N) is 3. The lowest BCUT2D eigenvalue weighted by molar-refractivity contribution is 0.297. The van der Waals surface area contributed by atoms with Crippen molar-refractivity contribution in [3.05, 3.63) is 47.1 Å². The van der Waals surface area contributed by atoms with Gasteiger partial charge in [0.05, 0.1) is 18.2 Å². The standard InChI is InChI=1S/C16H14ClN3O2S/c17-12-8-11(9-13-15(12)22-7-3-6-21-13)10-23-16-19-18-14-4-1-2-5-20(14)16/h1-2,4-5,8-9H,3,6-7,10H2. The number of hydrogen-bond acceptors (Lipinski definition) is 5. The van der Waals surface area contributed by atoms with E-state index in [-0.39, 0.29) is 0 Å². The number of hydrogen-bond donors (Lipinski definition) is 0. The molecule has 1 aliphatic rings. The van der Waals surface area contributed by atoms with E-state index in [9.17, 15) is 0 Å². The lowest BCUT2D eigenvalue weighted by Gasteiger charge is -2.11. The van der Waals surface area contributed by atoms with Gasteiger partial charge in [-0.2, -0.15) is 0 Å². The molecule has 0 saturated heterocycles. The summed E-state index contributed by atoms with van der Waals surface area (Å²) in [5.74, 6) is 2.09. The molecule has 2 aromatic heterocycles. The van der Waals surface area contributed by atoms with Gasteiger partial charge in [0.15, 0.2) is 22.3 Å². The third kappa shape index (κ3) is 2.96. The molecule has 3 heterocycles. The topological polar surface area (TPSA) is 48.7 Å². The summed E-state index contributed by atoms with van der Waals surface area (Å²) in [4.78, 5) is 0. The van der Waals surface area contributed by atoms with Gasteiger partial charge in [-0.15, -0.1) is 10.2 Å². The van der Waals surface area contributed by atoms with Crippen molar-refractivity contribution in [3.8, 4) is 11.5 Å². The molecule has 7 heteroatoms. The van der Waals surface area contributed by atoms with Gasteiger partial charge in [0.2, 0.25) is 0 Å². The first-order chi connectivity index (χ1) is 11.3. The van der Waals surface area contributed by atoms with E-state index in [1.807, 2.05) is 40.9 Å². The zero-order valence-electron chi connectivity index (χ0n) is 12.2. The van der Waals surface area contributed by atoms with Gasteiger partial charge in [0.25, 0.3) is 0 Å². The Morgan fingerprint density at radius 3 is 3.04 bits per heavy atom. The van der Waals surface area contributed by atoms with E-state index in [2.05, 4.69) is 10.2 Å². The Kier molecular flexibility index (Phi) is 4.01. The van der Waals surface area contributed by atoms with E-state index in [1.165, 1.54) is 0 Å². The lowest BCUT2D eigenvalue weighted by atomic mass is 10.2. The molecule has 0 radical (unpaired) electrons. The summed E-state index contributed by atoms with van der Waals surface area (Å²) in [6, 6.07) is 9.75. The van der Waals surface area contributed by atoms with Crippen molar-refractivity contribution in [2.75, 3.05) is 13.2 Å². The fourth-order valence-electron chi connectivity index (χ4n) is 2.43. The SMILES string of the molecule is Clc1cc(CSc2nnc3ccccn23)cc2c1OCCCO2. The summed E-state index contributed by atoms with van der Waals surface area (Å²) in [5.41, 5.74) is 1.91. The summed E-state index contributed by atoms with van der Waals surface area (Å²) in [5, 5.41) is 9.81. The van der Waals surface area contributed by atoms with Crippen molar-refractivity contribution in [1.82, 2.24) is 14.6 Å². The number of pyridine rings is 1. The molecule has 0 unspecified atom stereocenters. The second-order valence-corrected chi connectivity index (χ2v) is 6.51. The van der Waals surface area contributed by atoms with Crippen LogP contribution in [0, 0.1) is 0 Å². The second kappa shape index (κ2) is 6.29. The van der Waals surface area contributed by atoms with E-state index in [0.29, 0.717) is 24.0 Å². The third-order valence-corrected chi connectivity index (χ3v) is 4.81. The van der Waals surface area contributed by atoms with Gasteiger partial charge in [-0.25, -0.2) is 0 Å². The van der Waals surface area contributed by atoms with Crippen LogP contribution in [0.25, 0.3) is 5.65 Å². The molecule has 1 aromatic carbocycles. The summed E-state index contributed by atoms with van der Waals surface area (Å²) in [6.45, 7) is 1.28. The number of thioether (sulfide) groups is 1. The smallest absolute Gasteiger partial charge is 0.195 e. The van der Waals surface area contributed by atoms with Gasteiger partial charge in [-0.3, -0.25) is 4.40 Å². The molecule has 0 N–H and O–H groups in total. The van der Waals surface area contributed by atoms with Crippen LogP contribution in [0.3, 0.4) is 0 Å². The zero-order chi connectivity index (χ0) is 15.6. The Labute approximate surface area is 142 Å². The zero-order valence-corrected chi connectivity index (χ0v) is 13.8. The second-order valence-electron chi connectivity index (χ2n) is 5.16. The van der Waals surface area contributed by atoms with Crippen LogP contribution in [0.2, 0.25) is 5.02 Å². The van der Waals surface area contributed by atoms with Gasteiger partial charge in [0, 0.05) is 18.4 Å². The molecule has 118 valence electrons. The molecular formula is C16H14ClN3O2S. The summed E-state index contributed by atoms with van der Waals surface area (Å²) in [7, 11) is 0. The molecular weight excluding hydrogens is 334 g/mol. The van der Waals surface area contributed by atoms with E-state index in [1.54, 1.807) is 11.8 Å². The minimum Gasteiger partial charge on any atom is -0.489 e. The summed E-state index contributed by atoms with van der Waals surface area (Å²) in [6.07, 6.45) is 2.82. The number of halogens is 1. The molecule has 23 heavy (non-hydrogen) atoms. The van der Waals surface area contributed by atoms with Gasteiger partial charge in [-0.05, 0) is 29.8 Å². The molecule has 5 nitrogen and oxygen atoms in total. The molecule has 1 aliphatic heterocycles. The minimum atomic E-state index is 0.589. The van der Waals surface area contributed by atoms with Crippen LogP contribution >= 0.6 is 23.4 Å². The van der Waals surface area contributed by atoms with Crippen LogP contribution in [0.5, 0.6) is 11.5 Å². The van der Waals surface area contributed by atoms with Crippen molar-refractivity contribution in [2.45, 2.75) is 17.3 Å². The highest BCUT2D eigenvalue weighted by molar-refractivity contribution is 7.98. The Balaban J connectivity index is 1.57. The van der Waals surface area contributed by atoms with Crippen molar-refractivity contribution < 1.29 is 9.47 Å². The maximum atomic E-state index is 6.33. The van der Waals surface area contributed by atoms with Crippen LogP contribution in [0.4, 0.5) is 0 Å². The number of ether oxygens (including phenoxy) is 2. The molecule has 0 atom stereocenters. The Morgan fingerprint density at radius 1 is 1.17 bits per heavy atom. The Bertz CT molecular complexity index is 852. The predicted octanol–water partition coefficient (Wildman–Crippen LogP) is 3.84. The van der Waals surface area contributed by atoms with Crippen LogP contribution in [-0.4, -0.2) is 27.8 Å². The number of benzene rings is 1. The minimum absolute atomic E-state index is 0.589. The number of rotatable bonds is 3. The van der Waals surface area contributed by atoms with Gasteiger partial charge in [0.1, 0.15) is 0 Å². The molecule has 3 aromatic rings. The lowest BCUT2D eigenvalue weighted by Crippen LogP contribution is -1.97. The first-order valence-electron chi connectivity index (χ1n) is 7.32. The first kappa shape index (κ1) is 14.7. The quantitative estimate of drug-likeness (QED) is 0.674. The predicted molar refractivity (Wildman–Crippen MR) is 89.6 cm³/mol. The molecule has 0 aliphatic carbocycles. The normalized spacial score (nSPS) is 14.0. The molecule has 0 bridgehead atoms.